The molecule has 1 aromatic rings. The number of aryl methyl sites for hydroxylation is 1. The van der Waals surface area contributed by atoms with E-state index in [1.54, 1.807) is 0 Å². The molecule has 2 rings (SSSR count). The Bertz CT molecular complexity index is 384. The van der Waals surface area contributed by atoms with Crippen LogP contribution in [0.3, 0.4) is 0 Å². The summed E-state index contributed by atoms with van der Waals surface area (Å²) in [6.07, 6.45) is 0. The van der Waals surface area contributed by atoms with Crippen molar-refractivity contribution in [1.82, 2.24) is 4.90 Å². The Labute approximate surface area is 112 Å². The lowest BCUT2D eigenvalue weighted by Gasteiger charge is -2.39. The van der Waals surface area contributed by atoms with Gasteiger partial charge in [0.2, 0.25) is 0 Å². The lowest BCUT2D eigenvalue weighted by molar-refractivity contribution is 0.182. The van der Waals surface area contributed by atoms with Crippen molar-refractivity contribution < 1.29 is 0 Å². The van der Waals surface area contributed by atoms with E-state index in [1.807, 2.05) is 0 Å². The van der Waals surface area contributed by atoms with Crippen LogP contribution in [0.4, 0.5) is 5.69 Å². The van der Waals surface area contributed by atoms with Gasteiger partial charge in [0, 0.05) is 38.4 Å². The molecule has 0 saturated carbocycles. The Morgan fingerprint density at radius 1 is 1.06 bits per heavy atom. The summed E-state index contributed by atoms with van der Waals surface area (Å²) in [7, 11) is 0. The third-order valence-electron chi connectivity index (χ3n) is 3.44. The van der Waals surface area contributed by atoms with Gasteiger partial charge in [0.15, 0.2) is 0 Å². The number of hydrogen-bond acceptors (Lipinski definition) is 2. The molecule has 0 radical (unpaired) electrons. The second kappa shape index (κ2) is 5.31. The Balaban J connectivity index is 1.91. The molecule has 0 bridgehead atoms. The molecule has 0 N–H and O–H groups in total. The zero-order valence-corrected chi connectivity index (χ0v) is 12.2. The predicted octanol–water partition coefficient (Wildman–Crippen LogP) is 3.16. The molecule has 1 fully saturated rings. The van der Waals surface area contributed by atoms with Crippen molar-refractivity contribution in [3.8, 4) is 0 Å². The molecule has 0 unspecified atom stereocenters. The standard InChI is InChI=1S/C16H26N2/c1-14-6-5-7-15(12-14)18-10-8-17(9-11-18)13-16(2,3)4/h5-7,12H,8-11,13H2,1-4H3. The molecule has 100 valence electrons. The fourth-order valence-electron chi connectivity index (χ4n) is 2.66. The van der Waals surface area contributed by atoms with Gasteiger partial charge in [-0.25, -0.2) is 0 Å². The highest BCUT2D eigenvalue weighted by molar-refractivity contribution is 5.48. The van der Waals surface area contributed by atoms with Crippen LogP contribution < -0.4 is 4.90 Å². The van der Waals surface area contributed by atoms with Crippen LogP contribution in [0.15, 0.2) is 24.3 Å². The van der Waals surface area contributed by atoms with Crippen molar-refractivity contribution in [3.63, 3.8) is 0 Å². The van der Waals surface area contributed by atoms with Gasteiger partial charge < -0.3 is 4.90 Å². The second-order valence-electron chi connectivity index (χ2n) is 6.66. The molecule has 1 aliphatic rings. The van der Waals surface area contributed by atoms with Gasteiger partial charge in [-0.05, 0) is 30.0 Å². The maximum atomic E-state index is 2.59. The van der Waals surface area contributed by atoms with Gasteiger partial charge in [0.1, 0.15) is 0 Å². The Morgan fingerprint density at radius 2 is 1.72 bits per heavy atom. The first-order valence-corrected chi connectivity index (χ1v) is 6.98. The molecule has 1 aliphatic heterocycles. The van der Waals surface area contributed by atoms with Crippen LogP contribution >= 0.6 is 0 Å². The molecule has 0 aromatic heterocycles. The molecule has 1 aromatic carbocycles. The Morgan fingerprint density at radius 3 is 2.28 bits per heavy atom. The second-order valence-corrected chi connectivity index (χ2v) is 6.66. The number of anilines is 1. The van der Waals surface area contributed by atoms with E-state index in [0.717, 1.165) is 13.1 Å². The Kier molecular flexibility index (Phi) is 3.96. The summed E-state index contributed by atoms with van der Waals surface area (Å²) in [6.45, 7) is 15.0. The van der Waals surface area contributed by atoms with Gasteiger partial charge in [-0.15, -0.1) is 0 Å². The molecule has 1 saturated heterocycles. The number of nitrogens with zero attached hydrogens (tertiary/aromatic N) is 2. The minimum absolute atomic E-state index is 0.408. The van der Waals surface area contributed by atoms with E-state index >= 15 is 0 Å². The summed E-state index contributed by atoms with van der Waals surface area (Å²) in [5.74, 6) is 0. The van der Waals surface area contributed by atoms with Gasteiger partial charge in [0.25, 0.3) is 0 Å². The third kappa shape index (κ3) is 3.74. The lowest BCUT2D eigenvalue weighted by Crippen LogP contribution is -2.48. The fourth-order valence-corrected chi connectivity index (χ4v) is 2.66. The first-order valence-electron chi connectivity index (χ1n) is 6.98. The molecule has 2 heteroatoms. The zero-order valence-electron chi connectivity index (χ0n) is 12.2. The van der Waals surface area contributed by atoms with Crippen LogP contribution in [0.25, 0.3) is 0 Å². The van der Waals surface area contributed by atoms with Gasteiger partial charge in [-0.3, -0.25) is 4.90 Å². The van der Waals surface area contributed by atoms with Gasteiger partial charge >= 0.3 is 0 Å². The van der Waals surface area contributed by atoms with Crippen LogP contribution in [0.2, 0.25) is 0 Å². The lowest BCUT2D eigenvalue weighted by atomic mass is 9.96. The number of rotatable bonds is 2. The zero-order chi connectivity index (χ0) is 13.2. The summed E-state index contributed by atoms with van der Waals surface area (Å²) in [6, 6.07) is 8.84. The number of benzene rings is 1. The molecular weight excluding hydrogens is 220 g/mol. The van der Waals surface area contributed by atoms with Gasteiger partial charge in [-0.1, -0.05) is 32.9 Å². The smallest absolute Gasteiger partial charge is 0.0369 e. The minimum Gasteiger partial charge on any atom is -0.369 e. The summed E-state index contributed by atoms with van der Waals surface area (Å²) >= 11 is 0. The van der Waals surface area contributed by atoms with E-state index in [-0.39, 0.29) is 0 Å². The SMILES string of the molecule is Cc1cccc(N2CCN(CC(C)(C)C)CC2)c1. The van der Waals surface area contributed by atoms with Crippen molar-refractivity contribution >= 4 is 5.69 Å². The summed E-state index contributed by atoms with van der Waals surface area (Å²) < 4.78 is 0. The van der Waals surface area contributed by atoms with E-state index in [2.05, 4.69) is 61.8 Å². The monoisotopic (exact) mass is 246 g/mol. The molecule has 0 aliphatic carbocycles. The molecule has 0 amide bonds. The van der Waals surface area contributed by atoms with Crippen LogP contribution in [0.1, 0.15) is 26.3 Å². The molecule has 18 heavy (non-hydrogen) atoms. The summed E-state index contributed by atoms with van der Waals surface area (Å²) in [4.78, 5) is 5.10. The van der Waals surface area contributed by atoms with Crippen LogP contribution in [-0.4, -0.2) is 37.6 Å². The molecule has 0 spiro atoms. The summed E-state index contributed by atoms with van der Waals surface area (Å²) in [5.41, 5.74) is 3.14. The van der Waals surface area contributed by atoms with Gasteiger partial charge in [0.05, 0.1) is 0 Å². The van der Waals surface area contributed by atoms with Crippen LogP contribution in [0.5, 0.6) is 0 Å². The minimum atomic E-state index is 0.408. The Hall–Kier alpha value is -1.02. The first kappa shape index (κ1) is 13.4. The maximum absolute atomic E-state index is 2.59. The van der Waals surface area contributed by atoms with E-state index in [9.17, 15) is 0 Å². The number of piperazine rings is 1. The van der Waals surface area contributed by atoms with Crippen LogP contribution in [0, 0.1) is 12.3 Å². The molecule has 0 atom stereocenters. The highest BCUT2D eigenvalue weighted by atomic mass is 15.3. The fraction of sp³-hybridized carbons (Fsp3) is 0.625. The van der Waals surface area contributed by atoms with Crippen molar-refractivity contribution in [2.24, 2.45) is 5.41 Å². The molecular formula is C16H26N2. The predicted molar refractivity (Wildman–Crippen MR) is 79.3 cm³/mol. The molecule has 2 nitrogen and oxygen atoms in total. The summed E-state index contributed by atoms with van der Waals surface area (Å²) in [5, 5.41) is 0. The average molecular weight is 246 g/mol. The van der Waals surface area contributed by atoms with E-state index < -0.39 is 0 Å². The normalized spacial score (nSPS) is 18.1. The van der Waals surface area contributed by atoms with E-state index in [4.69, 9.17) is 0 Å². The van der Waals surface area contributed by atoms with E-state index in [1.165, 1.54) is 30.9 Å². The largest absolute Gasteiger partial charge is 0.369 e. The third-order valence-corrected chi connectivity index (χ3v) is 3.44. The topological polar surface area (TPSA) is 6.48 Å². The van der Waals surface area contributed by atoms with Crippen molar-refractivity contribution in [3.05, 3.63) is 29.8 Å². The van der Waals surface area contributed by atoms with Crippen molar-refractivity contribution in [1.29, 1.82) is 0 Å². The quantitative estimate of drug-likeness (QED) is 0.791. The van der Waals surface area contributed by atoms with Gasteiger partial charge in [-0.2, -0.15) is 0 Å². The van der Waals surface area contributed by atoms with E-state index in [0.29, 0.717) is 5.41 Å². The van der Waals surface area contributed by atoms with Crippen molar-refractivity contribution in [2.75, 3.05) is 37.6 Å². The maximum Gasteiger partial charge on any atom is 0.0369 e. The molecule has 1 heterocycles. The number of hydrogen-bond donors (Lipinski definition) is 0. The van der Waals surface area contributed by atoms with Crippen LogP contribution in [-0.2, 0) is 0 Å². The average Bonchev–Trinajstić information content (AvgIpc) is 2.28. The highest BCUT2D eigenvalue weighted by Gasteiger charge is 2.21. The highest BCUT2D eigenvalue weighted by Crippen LogP contribution is 2.20. The van der Waals surface area contributed by atoms with Crippen molar-refractivity contribution in [2.45, 2.75) is 27.7 Å². The first-order chi connectivity index (χ1) is 8.44.